The first-order valence-corrected chi connectivity index (χ1v) is 10.5. The Morgan fingerprint density at radius 3 is 2.47 bits per heavy atom. The van der Waals surface area contributed by atoms with E-state index in [0.29, 0.717) is 22.8 Å². The molecule has 0 saturated carbocycles. The Morgan fingerprint density at radius 2 is 1.77 bits per heavy atom. The van der Waals surface area contributed by atoms with E-state index < -0.39 is 10.0 Å². The standard InChI is InChI=1S/C21H19N3O5S/c1-24(2)30(26,27)17-9-7-14(8-10-17)21(25)22-13-16-12-20(29-23-16)19-11-15-5-3-4-6-18(15)28-19/h3-12H,13H2,1-2H3,(H,22,25). The molecule has 0 fully saturated rings. The highest BCUT2D eigenvalue weighted by molar-refractivity contribution is 7.89. The SMILES string of the molecule is CN(C)S(=O)(=O)c1ccc(C(=O)NCc2cc(-c3cc4ccccc4o3)on2)cc1. The number of hydrogen-bond acceptors (Lipinski definition) is 6. The van der Waals surface area contributed by atoms with Gasteiger partial charge in [-0.05, 0) is 36.4 Å². The lowest BCUT2D eigenvalue weighted by Gasteiger charge is -2.11. The third-order valence-electron chi connectivity index (χ3n) is 4.55. The molecule has 1 N–H and O–H groups in total. The normalized spacial score (nSPS) is 11.8. The van der Waals surface area contributed by atoms with Gasteiger partial charge in [0.1, 0.15) is 11.3 Å². The predicted molar refractivity (Wildman–Crippen MR) is 110 cm³/mol. The van der Waals surface area contributed by atoms with Gasteiger partial charge in [0.05, 0.1) is 11.4 Å². The monoisotopic (exact) mass is 425 g/mol. The molecule has 0 saturated heterocycles. The van der Waals surface area contributed by atoms with Crippen LogP contribution in [0.3, 0.4) is 0 Å². The van der Waals surface area contributed by atoms with E-state index in [9.17, 15) is 13.2 Å². The number of carbonyl (C=O) groups is 1. The summed E-state index contributed by atoms with van der Waals surface area (Å²) in [6.07, 6.45) is 0. The summed E-state index contributed by atoms with van der Waals surface area (Å²) in [6, 6.07) is 16.9. The number of carbonyl (C=O) groups excluding carboxylic acids is 1. The van der Waals surface area contributed by atoms with Crippen molar-refractivity contribution in [3.05, 3.63) is 71.9 Å². The van der Waals surface area contributed by atoms with E-state index in [-0.39, 0.29) is 17.3 Å². The van der Waals surface area contributed by atoms with Crippen LogP contribution in [0.25, 0.3) is 22.5 Å². The maximum absolute atomic E-state index is 12.4. The Kier molecular flexibility index (Phi) is 5.15. The lowest BCUT2D eigenvalue weighted by atomic mass is 10.2. The minimum absolute atomic E-state index is 0.121. The van der Waals surface area contributed by atoms with Crippen LogP contribution in [-0.4, -0.2) is 37.9 Å². The Morgan fingerprint density at radius 1 is 1.03 bits per heavy atom. The van der Waals surface area contributed by atoms with Crippen molar-refractivity contribution in [3.8, 4) is 11.5 Å². The molecule has 2 heterocycles. The van der Waals surface area contributed by atoms with Gasteiger partial charge in [0.2, 0.25) is 15.8 Å². The highest BCUT2D eigenvalue weighted by atomic mass is 32.2. The number of aromatic nitrogens is 1. The molecule has 0 radical (unpaired) electrons. The second kappa shape index (κ2) is 7.77. The van der Waals surface area contributed by atoms with Gasteiger partial charge in [-0.25, -0.2) is 12.7 Å². The zero-order chi connectivity index (χ0) is 21.3. The van der Waals surface area contributed by atoms with Gasteiger partial charge in [-0.2, -0.15) is 0 Å². The third kappa shape index (κ3) is 3.85. The second-order valence-electron chi connectivity index (χ2n) is 6.83. The molecule has 30 heavy (non-hydrogen) atoms. The van der Waals surface area contributed by atoms with E-state index in [2.05, 4.69) is 10.5 Å². The van der Waals surface area contributed by atoms with Crippen molar-refractivity contribution in [2.24, 2.45) is 0 Å². The number of hydrogen-bond donors (Lipinski definition) is 1. The molecule has 0 aliphatic rings. The molecule has 154 valence electrons. The number of nitrogens with one attached hydrogen (secondary N) is 1. The number of sulfonamides is 1. The molecule has 4 aromatic rings. The fourth-order valence-corrected chi connectivity index (χ4v) is 3.78. The Hall–Kier alpha value is -3.43. The van der Waals surface area contributed by atoms with E-state index in [1.165, 1.54) is 38.4 Å². The number of rotatable bonds is 6. The average Bonchev–Trinajstić information content (AvgIpc) is 3.38. The molecular weight excluding hydrogens is 406 g/mol. The number of fused-ring (bicyclic) bond motifs is 1. The van der Waals surface area contributed by atoms with E-state index in [1.807, 2.05) is 30.3 Å². The Labute approximate surface area is 173 Å². The number of benzene rings is 2. The molecule has 0 bridgehead atoms. The van der Waals surface area contributed by atoms with Crippen LogP contribution in [0.2, 0.25) is 0 Å². The molecule has 8 nitrogen and oxygen atoms in total. The minimum atomic E-state index is -3.54. The molecule has 0 unspecified atom stereocenters. The Balaban J connectivity index is 1.42. The van der Waals surface area contributed by atoms with Gasteiger partial charge in [-0.15, -0.1) is 0 Å². The zero-order valence-corrected chi connectivity index (χ0v) is 17.1. The summed E-state index contributed by atoms with van der Waals surface area (Å²) in [7, 11) is -0.634. The quantitative estimate of drug-likeness (QED) is 0.508. The molecule has 4 rings (SSSR count). The fourth-order valence-electron chi connectivity index (χ4n) is 2.88. The van der Waals surface area contributed by atoms with Crippen molar-refractivity contribution in [1.29, 1.82) is 0 Å². The van der Waals surface area contributed by atoms with Crippen LogP contribution in [0.1, 0.15) is 16.1 Å². The van der Waals surface area contributed by atoms with Gasteiger partial charge in [-0.3, -0.25) is 4.79 Å². The lowest BCUT2D eigenvalue weighted by molar-refractivity contribution is 0.0950. The van der Waals surface area contributed by atoms with Gasteiger partial charge in [-0.1, -0.05) is 23.4 Å². The minimum Gasteiger partial charge on any atom is -0.453 e. The van der Waals surface area contributed by atoms with E-state index in [0.717, 1.165) is 15.3 Å². The molecular formula is C21H19N3O5S. The Bertz CT molecular complexity index is 1270. The van der Waals surface area contributed by atoms with Crippen LogP contribution in [0.15, 0.2) is 74.5 Å². The van der Waals surface area contributed by atoms with Crippen molar-refractivity contribution in [2.75, 3.05) is 14.1 Å². The molecule has 0 aliphatic heterocycles. The topological polar surface area (TPSA) is 106 Å². The molecule has 2 aromatic carbocycles. The molecule has 0 atom stereocenters. The molecule has 0 spiro atoms. The fraction of sp³-hybridized carbons (Fsp3) is 0.143. The van der Waals surface area contributed by atoms with Crippen LogP contribution in [0.5, 0.6) is 0 Å². The molecule has 9 heteroatoms. The largest absolute Gasteiger partial charge is 0.453 e. The smallest absolute Gasteiger partial charge is 0.251 e. The van der Waals surface area contributed by atoms with E-state index >= 15 is 0 Å². The average molecular weight is 425 g/mol. The summed E-state index contributed by atoms with van der Waals surface area (Å²) in [5.41, 5.74) is 1.62. The summed E-state index contributed by atoms with van der Waals surface area (Å²) in [5, 5.41) is 7.65. The number of para-hydroxylation sites is 1. The van der Waals surface area contributed by atoms with Crippen LogP contribution in [0, 0.1) is 0 Å². The van der Waals surface area contributed by atoms with Gasteiger partial charge >= 0.3 is 0 Å². The first-order chi connectivity index (χ1) is 14.3. The predicted octanol–water partition coefficient (Wildman–Crippen LogP) is 3.27. The van der Waals surface area contributed by atoms with E-state index in [1.54, 1.807) is 6.07 Å². The zero-order valence-electron chi connectivity index (χ0n) is 16.3. The summed E-state index contributed by atoms with van der Waals surface area (Å²) >= 11 is 0. The van der Waals surface area contributed by atoms with Gasteiger partial charge in [0, 0.05) is 31.1 Å². The van der Waals surface area contributed by atoms with E-state index in [4.69, 9.17) is 8.94 Å². The maximum atomic E-state index is 12.4. The van der Waals surface area contributed by atoms with Crippen molar-refractivity contribution in [2.45, 2.75) is 11.4 Å². The first-order valence-electron chi connectivity index (χ1n) is 9.10. The highest BCUT2D eigenvalue weighted by Crippen LogP contribution is 2.28. The van der Waals surface area contributed by atoms with Crippen LogP contribution in [0.4, 0.5) is 0 Å². The number of furan rings is 1. The molecule has 2 aromatic heterocycles. The molecule has 1 amide bonds. The van der Waals surface area contributed by atoms with Crippen molar-refractivity contribution in [3.63, 3.8) is 0 Å². The number of nitrogens with zero attached hydrogens (tertiary/aromatic N) is 2. The van der Waals surface area contributed by atoms with Crippen LogP contribution < -0.4 is 5.32 Å². The summed E-state index contributed by atoms with van der Waals surface area (Å²) < 4.78 is 36.4. The first kappa shape index (κ1) is 19.9. The van der Waals surface area contributed by atoms with Crippen molar-refractivity contribution < 1.29 is 22.2 Å². The molecule has 0 aliphatic carbocycles. The number of amides is 1. The van der Waals surface area contributed by atoms with Gasteiger partial charge in [0.25, 0.3) is 5.91 Å². The van der Waals surface area contributed by atoms with Gasteiger partial charge in [0.15, 0.2) is 5.76 Å². The van der Waals surface area contributed by atoms with Crippen LogP contribution >= 0.6 is 0 Å². The van der Waals surface area contributed by atoms with Gasteiger partial charge < -0.3 is 14.3 Å². The van der Waals surface area contributed by atoms with Crippen molar-refractivity contribution >= 4 is 26.9 Å². The second-order valence-corrected chi connectivity index (χ2v) is 8.98. The summed E-state index contributed by atoms with van der Waals surface area (Å²) in [5.74, 6) is 0.671. The highest BCUT2D eigenvalue weighted by Gasteiger charge is 2.18. The third-order valence-corrected chi connectivity index (χ3v) is 6.38. The van der Waals surface area contributed by atoms with Crippen LogP contribution in [-0.2, 0) is 16.6 Å². The van der Waals surface area contributed by atoms with Crippen molar-refractivity contribution in [1.82, 2.24) is 14.8 Å². The lowest BCUT2D eigenvalue weighted by Crippen LogP contribution is -2.24. The summed E-state index contributed by atoms with van der Waals surface area (Å²) in [6.45, 7) is 0.153. The maximum Gasteiger partial charge on any atom is 0.251 e. The summed E-state index contributed by atoms with van der Waals surface area (Å²) in [4.78, 5) is 12.5.